The normalized spacial score (nSPS) is 45.3. The highest BCUT2D eigenvalue weighted by Gasteiger charge is 2.55. The van der Waals surface area contributed by atoms with Crippen molar-refractivity contribution >= 4 is 0 Å². The number of hydrogen-bond acceptors (Lipinski definition) is 2. The molecule has 2 N–H and O–H groups in total. The van der Waals surface area contributed by atoms with Crippen LogP contribution in [-0.2, 0) is 0 Å². The van der Waals surface area contributed by atoms with Gasteiger partial charge in [-0.2, -0.15) is 0 Å². The van der Waals surface area contributed by atoms with E-state index in [0.29, 0.717) is 11.3 Å². The van der Waals surface area contributed by atoms with E-state index in [1.165, 1.54) is 51.4 Å². The van der Waals surface area contributed by atoms with Crippen LogP contribution in [0.1, 0.15) is 105 Å². The van der Waals surface area contributed by atoms with E-state index in [1.807, 2.05) is 0 Å². The van der Waals surface area contributed by atoms with Crippen LogP contribution in [0.25, 0.3) is 0 Å². The van der Waals surface area contributed by atoms with Gasteiger partial charge in [0.25, 0.3) is 0 Å². The van der Waals surface area contributed by atoms with Crippen molar-refractivity contribution in [3.63, 3.8) is 0 Å². The molecule has 0 aromatic carbocycles. The van der Waals surface area contributed by atoms with Crippen LogP contribution < -0.4 is 0 Å². The summed E-state index contributed by atoms with van der Waals surface area (Å²) in [5, 5.41) is 21.0. The first-order chi connectivity index (χ1) is 13.8. The van der Waals surface area contributed by atoms with E-state index in [2.05, 4.69) is 33.8 Å². The first-order valence-corrected chi connectivity index (χ1v) is 12.9. The Hall–Kier alpha value is -0.340. The number of fused-ring (bicyclic) bond motifs is 5. The van der Waals surface area contributed by atoms with E-state index >= 15 is 0 Å². The van der Waals surface area contributed by atoms with Gasteiger partial charge >= 0.3 is 0 Å². The zero-order valence-corrected chi connectivity index (χ0v) is 19.5. The van der Waals surface area contributed by atoms with Crippen molar-refractivity contribution in [3.8, 4) is 0 Å². The lowest BCUT2D eigenvalue weighted by Gasteiger charge is -2.54. The van der Waals surface area contributed by atoms with Crippen LogP contribution in [0.4, 0.5) is 0 Å². The predicted octanol–water partition coefficient (Wildman–Crippen LogP) is 6.50. The number of aliphatic hydroxyl groups excluding tert-OH is 1. The zero-order valence-electron chi connectivity index (χ0n) is 19.5. The minimum absolute atomic E-state index is 0.120. The van der Waals surface area contributed by atoms with Crippen LogP contribution in [0.15, 0.2) is 11.6 Å². The minimum Gasteiger partial charge on any atom is -0.393 e. The third-order valence-electron chi connectivity index (χ3n) is 10.3. The van der Waals surface area contributed by atoms with Gasteiger partial charge in [-0.15, -0.1) is 0 Å². The lowest BCUT2D eigenvalue weighted by atomic mass is 9.51. The summed E-state index contributed by atoms with van der Waals surface area (Å²) in [4.78, 5) is 0. The summed E-state index contributed by atoms with van der Waals surface area (Å²) in [7, 11) is 0. The summed E-state index contributed by atoms with van der Waals surface area (Å²) in [5.74, 6) is 4.71. The molecule has 2 heteroatoms. The molecule has 4 rings (SSSR count). The maximum Gasteiger partial charge on any atom is 0.0682 e. The summed E-state index contributed by atoms with van der Waals surface area (Å²) in [6.45, 7) is 9.05. The van der Waals surface area contributed by atoms with Crippen LogP contribution in [-0.4, -0.2) is 21.9 Å². The predicted molar refractivity (Wildman–Crippen MR) is 121 cm³/mol. The summed E-state index contributed by atoms with van der Waals surface area (Å²) >= 11 is 0. The fourth-order valence-electron chi connectivity index (χ4n) is 8.16. The van der Waals surface area contributed by atoms with Crippen molar-refractivity contribution in [1.29, 1.82) is 0 Å². The molecule has 7 unspecified atom stereocenters. The van der Waals surface area contributed by atoms with Gasteiger partial charge in [0.15, 0.2) is 0 Å². The molecular formula is C27H46O2. The Kier molecular flexibility index (Phi) is 6.26. The van der Waals surface area contributed by atoms with Gasteiger partial charge in [0.1, 0.15) is 0 Å². The molecule has 0 aromatic rings. The standard InChI is InChI=1S/C27H46O2/c1-5-27(29)16-14-21-19(17-27)9-11-23-22(21)13-15-26(4)20(10-12-24(23)26)7-6-8-25(28)18(2)3/h9,18,20-25,28-29H,5-8,10-17H2,1-4H3/t20?,21?,22?,23?,24?,25?,26?,27-/m0/s1. The Morgan fingerprint density at radius 3 is 2.62 bits per heavy atom. The molecule has 0 bridgehead atoms. The van der Waals surface area contributed by atoms with Gasteiger partial charge in [-0.1, -0.05) is 45.8 Å². The minimum atomic E-state index is -0.419. The van der Waals surface area contributed by atoms with Crippen molar-refractivity contribution in [2.24, 2.45) is 40.9 Å². The molecule has 0 aliphatic heterocycles. The van der Waals surface area contributed by atoms with Crippen LogP contribution in [0.3, 0.4) is 0 Å². The number of aliphatic hydroxyl groups is 2. The van der Waals surface area contributed by atoms with Gasteiger partial charge < -0.3 is 10.2 Å². The highest BCUT2D eigenvalue weighted by Crippen LogP contribution is 2.64. The molecular weight excluding hydrogens is 356 g/mol. The Morgan fingerprint density at radius 1 is 1.10 bits per heavy atom. The van der Waals surface area contributed by atoms with Crippen molar-refractivity contribution < 1.29 is 10.2 Å². The Labute approximate surface area is 179 Å². The molecule has 8 atom stereocenters. The van der Waals surface area contributed by atoms with Gasteiger partial charge in [-0.3, -0.25) is 0 Å². The molecule has 0 saturated heterocycles. The maximum absolute atomic E-state index is 10.8. The molecule has 0 aromatic heterocycles. The quantitative estimate of drug-likeness (QED) is 0.498. The van der Waals surface area contributed by atoms with Gasteiger partial charge in [0.05, 0.1) is 11.7 Å². The molecule has 0 heterocycles. The zero-order chi connectivity index (χ0) is 20.8. The molecule has 3 fully saturated rings. The second-order valence-electron chi connectivity index (χ2n) is 11.9. The van der Waals surface area contributed by atoms with Gasteiger partial charge in [-0.25, -0.2) is 0 Å². The number of allylic oxidation sites excluding steroid dienone is 1. The van der Waals surface area contributed by atoms with Crippen LogP contribution in [0.5, 0.6) is 0 Å². The third-order valence-corrected chi connectivity index (χ3v) is 10.3. The summed E-state index contributed by atoms with van der Waals surface area (Å²) in [6, 6.07) is 0. The molecule has 166 valence electrons. The SMILES string of the molecule is CC[C@]1(O)CCC2C(=CCC3C2CCC2(C)C(CCCC(O)C(C)C)CCC32)C1. The summed E-state index contributed by atoms with van der Waals surface area (Å²) < 4.78 is 0. The molecule has 0 amide bonds. The molecule has 3 saturated carbocycles. The molecule has 0 radical (unpaired) electrons. The van der Waals surface area contributed by atoms with Crippen molar-refractivity contribution in [2.75, 3.05) is 0 Å². The van der Waals surface area contributed by atoms with Gasteiger partial charge in [0.2, 0.25) is 0 Å². The van der Waals surface area contributed by atoms with E-state index < -0.39 is 5.60 Å². The van der Waals surface area contributed by atoms with Gasteiger partial charge in [0, 0.05) is 0 Å². The van der Waals surface area contributed by atoms with E-state index in [9.17, 15) is 10.2 Å². The maximum atomic E-state index is 10.8. The van der Waals surface area contributed by atoms with E-state index in [1.54, 1.807) is 5.57 Å². The Balaban J connectivity index is 1.41. The number of rotatable bonds is 6. The second kappa shape index (κ2) is 8.30. The van der Waals surface area contributed by atoms with Crippen LogP contribution in [0.2, 0.25) is 0 Å². The van der Waals surface area contributed by atoms with Crippen LogP contribution in [0, 0.1) is 40.9 Å². The monoisotopic (exact) mass is 402 g/mol. The topological polar surface area (TPSA) is 40.5 Å². The molecule has 2 nitrogen and oxygen atoms in total. The van der Waals surface area contributed by atoms with E-state index in [4.69, 9.17) is 0 Å². The van der Waals surface area contributed by atoms with E-state index in [0.717, 1.165) is 55.3 Å². The molecule has 4 aliphatic rings. The van der Waals surface area contributed by atoms with Crippen LogP contribution >= 0.6 is 0 Å². The smallest absolute Gasteiger partial charge is 0.0682 e. The number of hydrogen-bond donors (Lipinski definition) is 2. The van der Waals surface area contributed by atoms with E-state index in [-0.39, 0.29) is 6.10 Å². The molecule has 29 heavy (non-hydrogen) atoms. The highest BCUT2D eigenvalue weighted by molar-refractivity contribution is 5.21. The molecule has 0 spiro atoms. The van der Waals surface area contributed by atoms with Crippen molar-refractivity contribution in [3.05, 3.63) is 11.6 Å². The highest BCUT2D eigenvalue weighted by atomic mass is 16.3. The fraction of sp³-hybridized carbons (Fsp3) is 0.926. The van der Waals surface area contributed by atoms with Crippen molar-refractivity contribution in [2.45, 2.75) is 116 Å². The Bertz CT molecular complexity index is 610. The fourth-order valence-corrected chi connectivity index (χ4v) is 8.16. The largest absolute Gasteiger partial charge is 0.393 e. The molecule has 4 aliphatic carbocycles. The van der Waals surface area contributed by atoms with Gasteiger partial charge in [-0.05, 0) is 112 Å². The lowest BCUT2D eigenvalue weighted by Crippen LogP contribution is -2.47. The summed E-state index contributed by atoms with van der Waals surface area (Å²) in [5.41, 5.74) is 1.73. The first kappa shape index (κ1) is 21.9. The average Bonchev–Trinajstić information content (AvgIpc) is 3.04. The lowest BCUT2D eigenvalue weighted by molar-refractivity contribution is -0.0409. The second-order valence-corrected chi connectivity index (χ2v) is 11.9. The average molecular weight is 403 g/mol. The Morgan fingerprint density at radius 2 is 1.90 bits per heavy atom. The first-order valence-electron chi connectivity index (χ1n) is 12.9. The summed E-state index contributed by atoms with van der Waals surface area (Å²) in [6.07, 6.45) is 17.0. The third kappa shape index (κ3) is 3.98. The van der Waals surface area contributed by atoms with Crippen molar-refractivity contribution in [1.82, 2.24) is 0 Å².